The summed E-state index contributed by atoms with van der Waals surface area (Å²) in [6.07, 6.45) is 5.52. The van der Waals surface area contributed by atoms with Gasteiger partial charge in [-0.3, -0.25) is 9.69 Å². The number of hydrogen-bond acceptors (Lipinski definition) is 5. The van der Waals surface area contributed by atoms with Gasteiger partial charge in [-0.15, -0.1) is 11.3 Å². The van der Waals surface area contributed by atoms with Crippen LogP contribution in [0.25, 0.3) is 21.5 Å². The van der Waals surface area contributed by atoms with Crippen molar-refractivity contribution < 1.29 is 9.53 Å². The number of nitrogens with zero attached hydrogens (tertiary/aromatic N) is 4. The Kier molecular flexibility index (Phi) is 4.89. The van der Waals surface area contributed by atoms with E-state index in [2.05, 4.69) is 45.3 Å². The molecule has 152 valence electrons. The maximum atomic E-state index is 12.1. The van der Waals surface area contributed by atoms with E-state index in [9.17, 15) is 4.79 Å². The van der Waals surface area contributed by atoms with Crippen LogP contribution in [0, 0.1) is 0 Å². The highest BCUT2D eigenvalue weighted by atomic mass is 32.1. The van der Waals surface area contributed by atoms with Crippen LogP contribution >= 0.6 is 11.3 Å². The van der Waals surface area contributed by atoms with E-state index in [1.807, 2.05) is 6.20 Å². The Morgan fingerprint density at radius 2 is 2.14 bits per heavy atom. The van der Waals surface area contributed by atoms with Gasteiger partial charge >= 0.3 is 0 Å². The van der Waals surface area contributed by atoms with Crippen molar-refractivity contribution in [1.29, 1.82) is 0 Å². The molecule has 29 heavy (non-hydrogen) atoms. The minimum atomic E-state index is -0.0111. The normalized spacial score (nSPS) is 24.7. The molecule has 7 heteroatoms. The number of fused-ring (bicyclic) bond motifs is 2. The van der Waals surface area contributed by atoms with Gasteiger partial charge in [0.15, 0.2) is 0 Å². The second kappa shape index (κ2) is 7.55. The van der Waals surface area contributed by atoms with Crippen LogP contribution in [0.2, 0.25) is 0 Å². The van der Waals surface area contributed by atoms with E-state index in [4.69, 9.17) is 9.72 Å². The monoisotopic (exact) mass is 410 g/mol. The Labute approximate surface area is 174 Å². The van der Waals surface area contributed by atoms with Crippen LogP contribution in [0.3, 0.4) is 0 Å². The third kappa shape index (κ3) is 3.47. The van der Waals surface area contributed by atoms with E-state index >= 15 is 0 Å². The maximum absolute atomic E-state index is 12.1. The number of thiophene rings is 1. The van der Waals surface area contributed by atoms with Gasteiger partial charge in [-0.2, -0.15) is 0 Å². The van der Waals surface area contributed by atoms with Crippen molar-refractivity contribution in [2.24, 2.45) is 0 Å². The molecule has 4 heterocycles. The summed E-state index contributed by atoms with van der Waals surface area (Å²) in [6.45, 7) is 2.51. The van der Waals surface area contributed by atoms with Crippen molar-refractivity contribution in [2.75, 3.05) is 33.8 Å². The van der Waals surface area contributed by atoms with Crippen LogP contribution in [-0.2, 0) is 9.53 Å². The lowest BCUT2D eigenvalue weighted by atomic mass is 10.1. The molecule has 1 amide bonds. The molecule has 5 rings (SSSR count). The van der Waals surface area contributed by atoms with Crippen molar-refractivity contribution >= 4 is 27.3 Å². The van der Waals surface area contributed by atoms with Gasteiger partial charge in [0, 0.05) is 72.7 Å². The zero-order valence-corrected chi connectivity index (χ0v) is 17.6. The molecule has 1 aromatic carbocycles. The first-order chi connectivity index (χ1) is 14.1. The Morgan fingerprint density at radius 1 is 1.28 bits per heavy atom. The van der Waals surface area contributed by atoms with E-state index in [1.165, 1.54) is 15.6 Å². The number of carbonyl (C=O) groups is 1. The molecule has 0 spiro atoms. The number of morpholine rings is 1. The van der Waals surface area contributed by atoms with Gasteiger partial charge in [-0.05, 0) is 12.5 Å². The van der Waals surface area contributed by atoms with Crippen LogP contribution < -0.4 is 0 Å². The maximum Gasteiger partial charge on any atom is 0.224 e. The fourth-order valence-electron chi connectivity index (χ4n) is 4.59. The summed E-state index contributed by atoms with van der Waals surface area (Å²) in [4.78, 5) is 20.9. The van der Waals surface area contributed by atoms with Crippen LogP contribution in [0.5, 0.6) is 0 Å². The van der Waals surface area contributed by atoms with Crippen LogP contribution in [-0.4, -0.2) is 71.2 Å². The van der Waals surface area contributed by atoms with Crippen molar-refractivity contribution in [3.8, 4) is 11.4 Å². The van der Waals surface area contributed by atoms with E-state index in [0.717, 1.165) is 25.3 Å². The Bertz CT molecular complexity index is 1030. The second-order valence-electron chi connectivity index (χ2n) is 8.25. The molecule has 0 N–H and O–H groups in total. The highest BCUT2D eigenvalue weighted by Crippen LogP contribution is 2.37. The molecule has 2 aliphatic rings. The molecule has 0 radical (unpaired) electrons. The quantitative estimate of drug-likeness (QED) is 0.663. The van der Waals surface area contributed by atoms with Crippen LogP contribution in [0.1, 0.15) is 18.9 Å². The fraction of sp³-hybridized carbons (Fsp3) is 0.455. The largest absolute Gasteiger partial charge is 0.375 e. The first kappa shape index (κ1) is 18.8. The number of aromatic nitrogens is 2. The smallest absolute Gasteiger partial charge is 0.224 e. The third-order valence-electron chi connectivity index (χ3n) is 6.15. The molecule has 2 aliphatic heterocycles. The average molecular weight is 411 g/mol. The van der Waals surface area contributed by atoms with E-state index in [0.29, 0.717) is 25.1 Å². The predicted octanol–water partition coefficient (Wildman–Crippen LogP) is 3.26. The molecule has 0 unspecified atom stereocenters. The van der Waals surface area contributed by atoms with Crippen molar-refractivity contribution in [2.45, 2.75) is 31.0 Å². The molecule has 2 aromatic heterocycles. The number of ether oxygens (including phenoxy) is 1. The summed E-state index contributed by atoms with van der Waals surface area (Å²) in [5.41, 5.74) is 1.21. The van der Waals surface area contributed by atoms with Crippen LogP contribution in [0.15, 0.2) is 42.0 Å². The summed E-state index contributed by atoms with van der Waals surface area (Å²) >= 11 is 1.77. The number of rotatable bonds is 4. The lowest BCUT2D eigenvalue weighted by Gasteiger charge is -2.35. The van der Waals surface area contributed by atoms with Gasteiger partial charge in [0.25, 0.3) is 0 Å². The molecule has 0 saturated carbocycles. The van der Waals surface area contributed by atoms with Crippen molar-refractivity contribution in [3.63, 3.8) is 0 Å². The average Bonchev–Trinajstić information content (AvgIpc) is 3.44. The van der Waals surface area contributed by atoms with E-state index in [1.54, 1.807) is 30.3 Å². The van der Waals surface area contributed by atoms with Gasteiger partial charge in [-0.1, -0.05) is 18.2 Å². The second-order valence-corrected chi connectivity index (χ2v) is 9.16. The van der Waals surface area contributed by atoms with E-state index < -0.39 is 0 Å². The summed E-state index contributed by atoms with van der Waals surface area (Å²) in [5.74, 6) is 1.18. The molecular weight excluding hydrogens is 384 g/mol. The fourth-order valence-corrected chi connectivity index (χ4v) is 5.52. The van der Waals surface area contributed by atoms with Gasteiger partial charge < -0.3 is 14.2 Å². The number of carbonyl (C=O) groups excluding carboxylic acids is 1. The Balaban J connectivity index is 1.34. The van der Waals surface area contributed by atoms with Gasteiger partial charge in [0.05, 0.1) is 19.1 Å². The van der Waals surface area contributed by atoms with Gasteiger partial charge in [-0.25, -0.2) is 4.98 Å². The molecule has 3 aromatic rings. The van der Waals surface area contributed by atoms with Gasteiger partial charge in [0.1, 0.15) is 5.82 Å². The number of hydrogen-bond donors (Lipinski definition) is 0. The number of imidazole rings is 1. The molecule has 2 saturated heterocycles. The SMILES string of the molecule is CN(C)C(=O)C[C@H]1CN2C[C@H](n3ccnc3-c3csc4ccccc34)C[C@H]2CO1. The summed E-state index contributed by atoms with van der Waals surface area (Å²) in [6, 6.07) is 9.32. The topological polar surface area (TPSA) is 50.6 Å². The third-order valence-corrected chi connectivity index (χ3v) is 7.12. The Morgan fingerprint density at radius 3 is 3.00 bits per heavy atom. The molecule has 2 fully saturated rings. The lowest BCUT2D eigenvalue weighted by molar-refractivity contribution is -0.134. The molecule has 6 nitrogen and oxygen atoms in total. The number of amides is 1. The van der Waals surface area contributed by atoms with Crippen molar-refractivity contribution in [1.82, 2.24) is 19.4 Å². The minimum Gasteiger partial charge on any atom is -0.375 e. The predicted molar refractivity (Wildman–Crippen MR) is 115 cm³/mol. The minimum absolute atomic E-state index is 0.0111. The summed E-state index contributed by atoms with van der Waals surface area (Å²) in [5, 5.41) is 3.49. The molecule has 0 aliphatic carbocycles. The highest BCUT2D eigenvalue weighted by molar-refractivity contribution is 7.17. The standard InChI is InChI=1S/C22H26N4O2S/c1-24(2)21(27)10-17-12-25-11-15(9-16(25)13-28-17)26-8-7-23-22(26)19-14-29-20-6-4-3-5-18(19)20/h3-8,14-17H,9-13H2,1-2H3/t15-,16+,17+/m1/s1. The first-order valence-electron chi connectivity index (χ1n) is 10.2. The number of benzene rings is 1. The zero-order valence-electron chi connectivity index (χ0n) is 16.8. The zero-order chi connectivity index (χ0) is 20.0. The van der Waals surface area contributed by atoms with Gasteiger partial charge in [0.2, 0.25) is 5.91 Å². The highest BCUT2D eigenvalue weighted by Gasteiger charge is 2.39. The Hall–Kier alpha value is -2.22. The van der Waals surface area contributed by atoms with Crippen molar-refractivity contribution in [3.05, 3.63) is 42.0 Å². The van der Waals surface area contributed by atoms with E-state index in [-0.39, 0.29) is 12.0 Å². The molecular formula is C22H26N4O2S. The summed E-state index contributed by atoms with van der Waals surface area (Å²) in [7, 11) is 3.60. The first-order valence-corrected chi connectivity index (χ1v) is 11.0. The summed E-state index contributed by atoms with van der Waals surface area (Å²) < 4.78 is 9.66. The van der Waals surface area contributed by atoms with Crippen LogP contribution in [0.4, 0.5) is 0 Å². The molecule has 3 atom stereocenters. The lowest BCUT2D eigenvalue weighted by Crippen LogP contribution is -2.47. The molecule has 0 bridgehead atoms.